The first-order valence-electron chi connectivity index (χ1n) is 10.5. The highest BCUT2D eigenvalue weighted by molar-refractivity contribution is 5.95. The van der Waals surface area contributed by atoms with E-state index >= 15 is 0 Å². The molecule has 0 radical (unpaired) electrons. The third-order valence-electron chi connectivity index (χ3n) is 6.66. The highest BCUT2D eigenvalue weighted by Gasteiger charge is 2.43. The number of rotatable bonds is 5. The molecule has 1 atom stereocenters. The minimum Gasteiger partial charge on any atom is -0.497 e. The van der Waals surface area contributed by atoms with Crippen LogP contribution in [-0.2, 0) is 4.74 Å². The van der Waals surface area contributed by atoms with Crippen LogP contribution in [0.15, 0.2) is 18.2 Å². The molecule has 4 rings (SSSR count). The Morgan fingerprint density at radius 2 is 1.71 bits per heavy atom. The maximum absolute atomic E-state index is 13.0. The molecule has 3 heterocycles. The summed E-state index contributed by atoms with van der Waals surface area (Å²) in [5, 5.41) is 0. The summed E-state index contributed by atoms with van der Waals surface area (Å²) in [6, 6.07) is 5.37. The van der Waals surface area contributed by atoms with Gasteiger partial charge in [-0.1, -0.05) is 0 Å². The fraction of sp³-hybridized carbons (Fsp3) is 0.682. The second-order valence-electron chi connectivity index (χ2n) is 8.54. The number of likely N-dealkylation sites (tertiary alicyclic amines) is 2. The number of carbonyl (C=O) groups excluding carboxylic acids is 1. The first kappa shape index (κ1) is 19.5. The predicted molar refractivity (Wildman–Crippen MR) is 107 cm³/mol. The van der Waals surface area contributed by atoms with Crippen molar-refractivity contribution in [3.8, 4) is 11.5 Å². The summed E-state index contributed by atoms with van der Waals surface area (Å²) in [5.41, 5.74) is 0.884. The Kier molecular flexibility index (Phi) is 5.78. The van der Waals surface area contributed by atoms with Crippen LogP contribution in [0.3, 0.4) is 0 Å². The molecule has 3 fully saturated rings. The maximum atomic E-state index is 13.0. The molecular weight excluding hydrogens is 356 g/mol. The standard InChI is InChI=1S/C22H32N2O4/c1-26-18-11-17(12-19(13-18)27-2)21(25)24-9-5-22(6-10-24)14-20(28-16-22)15-23-7-3-4-8-23/h11-13,20H,3-10,14-16H2,1-2H3/t20-/m1/s1. The molecule has 3 saturated heterocycles. The second-order valence-corrected chi connectivity index (χ2v) is 8.54. The van der Waals surface area contributed by atoms with Gasteiger partial charge in [-0.3, -0.25) is 4.79 Å². The van der Waals surface area contributed by atoms with E-state index in [1.54, 1.807) is 32.4 Å². The SMILES string of the molecule is COc1cc(OC)cc(C(=O)N2CCC3(CC2)CO[C@@H](CN2CCCC2)C3)c1. The van der Waals surface area contributed by atoms with Gasteiger partial charge in [-0.2, -0.15) is 0 Å². The summed E-state index contributed by atoms with van der Waals surface area (Å²) in [6.45, 7) is 5.95. The number of carbonyl (C=O) groups is 1. The van der Waals surface area contributed by atoms with Gasteiger partial charge < -0.3 is 24.0 Å². The summed E-state index contributed by atoms with van der Waals surface area (Å²) in [6.07, 6.45) is 6.20. The maximum Gasteiger partial charge on any atom is 0.254 e. The van der Waals surface area contributed by atoms with Crippen LogP contribution >= 0.6 is 0 Å². The van der Waals surface area contributed by atoms with Gasteiger partial charge in [0.2, 0.25) is 0 Å². The van der Waals surface area contributed by atoms with Crippen molar-refractivity contribution < 1.29 is 19.0 Å². The Labute approximate surface area is 167 Å². The van der Waals surface area contributed by atoms with Crippen LogP contribution in [0.5, 0.6) is 11.5 Å². The van der Waals surface area contributed by atoms with Gasteiger partial charge in [-0.15, -0.1) is 0 Å². The highest BCUT2D eigenvalue weighted by Crippen LogP contribution is 2.42. The molecule has 0 aromatic heterocycles. The molecular formula is C22H32N2O4. The van der Waals surface area contributed by atoms with Gasteiger partial charge in [0.1, 0.15) is 11.5 Å². The van der Waals surface area contributed by atoms with Crippen LogP contribution in [0, 0.1) is 5.41 Å². The van der Waals surface area contributed by atoms with Crippen LogP contribution in [0.2, 0.25) is 0 Å². The molecule has 1 aromatic carbocycles. The minimum absolute atomic E-state index is 0.0552. The van der Waals surface area contributed by atoms with E-state index in [4.69, 9.17) is 14.2 Å². The average Bonchev–Trinajstić information content (AvgIpc) is 3.38. The number of hydrogen-bond acceptors (Lipinski definition) is 5. The number of amides is 1. The number of nitrogens with zero attached hydrogens (tertiary/aromatic N) is 2. The van der Waals surface area contributed by atoms with Crippen LogP contribution in [-0.4, -0.2) is 75.4 Å². The quantitative estimate of drug-likeness (QED) is 0.776. The van der Waals surface area contributed by atoms with E-state index in [1.165, 1.54) is 25.9 Å². The molecule has 6 nitrogen and oxygen atoms in total. The third-order valence-corrected chi connectivity index (χ3v) is 6.66. The highest BCUT2D eigenvalue weighted by atomic mass is 16.5. The second kappa shape index (κ2) is 8.29. The van der Waals surface area contributed by atoms with Crippen molar-refractivity contribution >= 4 is 5.91 Å². The number of benzene rings is 1. The molecule has 1 aromatic rings. The van der Waals surface area contributed by atoms with E-state index in [1.807, 2.05) is 4.90 Å². The first-order valence-corrected chi connectivity index (χ1v) is 10.5. The van der Waals surface area contributed by atoms with E-state index < -0.39 is 0 Å². The van der Waals surface area contributed by atoms with Crippen LogP contribution < -0.4 is 9.47 Å². The number of ether oxygens (including phenoxy) is 3. The molecule has 1 amide bonds. The van der Waals surface area contributed by atoms with Gasteiger partial charge in [0, 0.05) is 31.3 Å². The summed E-state index contributed by atoms with van der Waals surface area (Å²) in [4.78, 5) is 17.5. The van der Waals surface area contributed by atoms with Crippen LogP contribution in [0.4, 0.5) is 0 Å². The Hall–Kier alpha value is -1.79. The average molecular weight is 389 g/mol. The molecule has 6 heteroatoms. The number of hydrogen-bond donors (Lipinski definition) is 0. The molecule has 0 saturated carbocycles. The van der Waals surface area contributed by atoms with Gasteiger partial charge in [-0.25, -0.2) is 0 Å². The summed E-state index contributed by atoms with van der Waals surface area (Å²) in [5.74, 6) is 1.34. The van der Waals surface area contributed by atoms with E-state index in [-0.39, 0.29) is 11.3 Å². The van der Waals surface area contributed by atoms with E-state index in [2.05, 4.69) is 4.90 Å². The Balaban J connectivity index is 1.34. The van der Waals surface area contributed by atoms with Gasteiger partial charge in [-0.05, 0) is 62.7 Å². The molecule has 154 valence electrons. The summed E-state index contributed by atoms with van der Waals surface area (Å²) in [7, 11) is 3.21. The zero-order valence-electron chi connectivity index (χ0n) is 17.1. The van der Waals surface area contributed by atoms with Crippen molar-refractivity contribution in [3.63, 3.8) is 0 Å². The molecule has 28 heavy (non-hydrogen) atoms. The van der Waals surface area contributed by atoms with E-state index in [9.17, 15) is 4.79 Å². The molecule has 0 aliphatic carbocycles. The molecule has 0 unspecified atom stereocenters. The van der Waals surface area contributed by atoms with Crippen LogP contribution in [0.25, 0.3) is 0 Å². The minimum atomic E-state index is 0.0552. The molecule has 1 spiro atoms. The smallest absolute Gasteiger partial charge is 0.254 e. The van der Waals surface area contributed by atoms with Crippen molar-refractivity contribution in [1.29, 1.82) is 0 Å². The lowest BCUT2D eigenvalue weighted by Gasteiger charge is -2.38. The van der Waals surface area contributed by atoms with E-state index in [0.717, 1.165) is 45.5 Å². The predicted octanol–water partition coefficient (Wildman–Crippen LogP) is 2.81. The summed E-state index contributed by atoms with van der Waals surface area (Å²) < 4.78 is 16.8. The lowest BCUT2D eigenvalue weighted by Crippen LogP contribution is -2.43. The molecule has 0 bridgehead atoms. The third kappa shape index (κ3) is 4.13. The molecule has 3 aliphatic heterocycles. The zero-order chi connectivity index (χ0) is 19.6. The monoisotopic (exact) mass is 388 g/mol. The lowest BCUT2D eigenvalue weighted by molar-refractivity contribution is 0.0459. The van der Waals surface area contributed by atoms with Gasteiger partial charge in [0.05, 0.1) is 26.9 Å². The Morgan fingerprint density at radius 3 is 2.32 bits per heavy atom. The number of methoxy groups -OCH3 is 2. The first-order chi connectivity index (χ1) is 13.6. The Bertz CT molecular complexity index is 672. The Morgan fingerprint density at radius 1 is 1.07 bits per heavy atom. The van der Waals surface area contributed by atoms with Crippen molar-refractivity contribution in [2.75, 3.05) is 53.6 Å². The van der Waals surface area contributed by atoms with Crippen LogP contribution in [0.1, 0.15) is 42.5 Å². The fourth-order valence-electron chi connectivity index (χ4n) is 4.91. The van der Waals surface area contributed by atoms with E-state index in [0.29, 0.717) is 23.2 Å². The van der Waals surface area contributed by atoms with Crippen molar-refractivity contribution in [2.45, 2.75) is 38.2 Å². The van der Waals surface area contributed by atoms with Crippen molar-refractivity contribution in [2.24, 2.45) is 5.41 Å². The van der Waals surface area contributed by atoms with Gasteiger partial charge in [0.15, 0.2) is 0 Å². The van der Waals surface area contributed by atoms with Gasteiger partial charge >= 0.3 is 0 Å². The normalized spacial score (nSPS) is 24.6. The zero-order valence-corrected chi connectivity index (χ0v) is 17.1. The lowest BCUT2D eigenvalue weighted by atomic mass is 9.76. The van der Waals surface area contributed by atoms with Gasteiger partial charge in [0.25, 0.3) is 5.91 Å². The topological polar surface area (TPSA) is 51.2 Å². The summed E-state index contributed by atoms with van der Waals surface area (Å²) >= 11 is 0. The molecule has 0 N–H and O–H groups in total. The number of piperidine rings is 1. The largest absolute Gasteiger partial charge is 0.497 e. The fourth-order valence-corrected chi connectivity index (χ4v) is 4.91. The van der Waals surface area contributed by atoms with Crippen molar-refractivity contribution in [3.05, 3.63) is 23.8 Å². The molecule has 3 aliphatic rings. The van der Waals surface area contributed by atoms with Crippen molar-refractivity contribution in [1.82, 2.24) is 9.80 Å².